The molecule has 0 rings (SSSR count). The maximum absolute atomic E-state index is 10.4. The van der Waals surface area contributed by atoms with Gasteiger partial charge in [-0.2, -0.15) is 0 Å². The first kappa shape index (κ1) is 12.4. The Kier molecular flexibility index (Phi) is 5.16. The summed E-state index contributed by atoms with van der Waals surface area (Å²) in [5, 5.41) is 8.27. The molecule has 0 heterocycles. The van der Waals surface area contributed by atoms with Crippen molar-refractivity contribution in [3.05, 3.63) is 0 Å². The molecule has 11 heavy (non-hydrogen) atoms. The van der Waals surface area contributed by atoms with Gasteiger partial charge in [-0.3, -0.25) is 14.4 Å². The molecule has 0 unspecified atom stereocenters. The smallest absolute Gasteiger partial charge is 0.321 e. The number of carbonyl (C=O) groups excluding carboxylic acids is 2. The number of ketones is 2. The molecule has 0 saturated heterocycles. The fourth-order valence-corrected chi connectivity index (χ4v) is 0.634. The molecule has 0 aliphatic carbocycles. The lowest BCUT2D eigenvalue weighted by atomic mass is 10.0. The third-order valence-corrected chi connectivity index (χ3v) is 1.06. The zero-order valence-electron chi connectivity index (χ0n) is 6.25. The van der Waals surface area contributed by atoms with Crippen molar-refractivity contribution < 1.29 is 25.0 Å². The second-order valence-corrected chi connectivity index (χ2v) is 1.99. The molecule has 5 heteroatoms. The maximum Gasteiger partial charge on any atom is 0.321 e. The average molecular weight is 162 g/mol. The second kappa shape index (κ2) is 4.56. The van der Waals surface area contributed by atoms with Crippen LogP contribution in [0.2, 0.25) is 0 Å². The topological polar surface area (TPSA) is 103 Å². The van der Waals surface area contributed by atoms with Crippen molar-refractivity contribution in [2.24, 2.45) is 5.92 Å². The first-order valence-corrected chi connectivity index (χ1v) is 2.70. The number of rotatable bonds is 3. The average Bonchev–Trinajstić information content (AvgIpc) is 1.59. The van der Waals surface area contributed by atoms with Crippen LogP contribution in [0.4, 0.5) is 0 Å². The number of carboxylic acid groups (broad SMARTS) is 1. The van der Waals surface area contributed by atoms with Gasteiger partial charge in [0.15, 0.2) is 17.5 Å². The van der Waals surface area contributed by atoms with Crippen LogP contribution in [0.1, 0.15) is 13.8 Å². The summed E-state index contributed by atoms with van der Waals surface area (Å²) in [5.41, 5.74) is 0. The van der Waals surface area contributed by atoms with Crippen LogP contribution < -0.4 is 0 Å². The zero-order chi connectivity index (χ0) is 8.31. The van der Waals surface area contributed by atoms with Crippen molar-refractivity contribution in [1.82, 2.24) is 0 Å². The molecule has 0 aromatic heterocycles. The third kappa shape index (κ3) is 3.47. The van der Waals surface area contributed by atoms with Gasteiger partial charge in [-0.05, 0) is 13.8 Å². The van der Waals surface area contributed by atoms with Crippen molar-refractivity contribution in [1.29, 1.82) is 0 Å². The Bertz CT molecular complexity index is 150. The van der Waals surface area contributed by atoms with Crippen LogP contribution in [0.3, 0.4) is 0 Å². The number of hydrogen-bond donors (Lipinski definition) is 1. The molecule has 0 aliphatic heterocycles. The van der Waals surface area contributed by atoms with Gasteiger partial charge >= 0.3 is 5.97 Å². The van der Waals surface area contributed by atoms with Crippen molar-refractivity contribution in [3.63, 3.8) is 0 Å². The molecule has 0 aromatic rings. The van der Waals surface area contributed by atoms with E-state index in [0.717, 1.165) is 13.8 Å². The summed E-state index contributed by atoms with van der Waals surface area (Å²) in [7, 11) is 0. The minimum Gasteiger partial charge on any atom is -0.480 e. The van der Waals surface area contributed by atoms with E-state index in [0.29, 0.717) is 0 Å². The molecule has 0 amide bonds. The van der Waals surface area contributed by atoms with Gasteiger partial charge in [0, 0.05) is 0 Å². The summed E-state index contributed by atoms with van der Waals surface area (Å²) in [6.45, 7) is 2.17. The van der Waals surface area contributed by atoms with E-state index in [1.54, 1.807) is 0 Å². The predicted octanol–water partition coefficient (Wildman–Crippen LogP) is -0.960. The Labute approximate surface area is 63.3 Å². The molecule has 0 atom stereocenters. The van der Waals surface area contributed by atoms with Crippen LogP contribution in [0.5, 0.6) is 0 Å². The molecule has 0 fully saturated rings. The predicted molar refractivity (Wildman–Crippen MR) is 36.1 cm³/mol. The number of aliphatic carboxylic acids is 1. The van der Waals surface area contributed by atoms with Crippen LogP contribution >= 0.6 is 0 Å². The molecule has 0 aliphatic rings. The Morgan fingerprint density at radius 1 is 1.09 bits per heavy atom. The number of carboxylic acids is 1. The summed E-state index contributed by atoms with van der Waals surface area (Å²) in [6, 6.07) is 0. The fourth-order valence-electron chi connectivity index (χ4n) is 0.634. The zero-order valence-corrected chi connectivity index (χ0v) is 6.25. The van der Waals surface area contributed by atoms with Crippen molar-refractivity contribution in [2.45, 2.75) is 13.8 Å². The van der Waals surface area contributed by atoms with E-state index >= 15 is 0 Å². The van der Waals surface area contributed by atoms with Crippen LogP contribution in [0.15, 0.2) is 0 Å². The first-order chi connectivity index (χ1) is 4.46. The van der Waals surface area contributed by atoms with Gasteiger partial charge < -0.3 is 10.6 Å². The minimum absolute atomic E-state index is 0. The van der Waals surface area contributed by atoms with E-state index in [4.69, 9.17) is 5.11 Å². The SMILES string of the molecule is CC(=O)C(C(C)=O)C(=O)O.O. The van der Waals surface area contributed by atoms with E-state index in [-0.39, 0.29) is 5.48 Å². The lowest BCUT2D eigenvalue weighted by Gasteiger charge is -2.01. The fraction of sp³-hybridized carbons (Fsp3) is 0.500. The van der Waals surface area contributed by atoms with E-state index in [9.17, 15) is 14.4 Å². The summed E-state index contributed by atoms with van der Waals surface area (Å²) >= 11 is 0. The second-order valence-electron chi connectivity index (χ2n) is 1.99. The van der Waals surface area contributed by atoms with Crippen LogP contribution in [0.25, 0.3) is 0 Å². The Morgan fingerprint density at radius 3 is 1.36 bits per heavy atom. The molecule has 0 spiro atoms. The largest absolute Gasteiger partial charge is 0.480 e. The van der Waals surface area contributed by atoms with Crippen molar-refractivity contribution in [3.8, 4) is 0 Å². The van der Waals surface area contributed by atoms with Gasteiger partial charge in [-0.1, -0.05) is 0 Å². The molecule has 0 aromatic carbocycles. The Balaban J connectivity index is 0. The highest BCUT2D eigenvalue weighted by Gasteiger charge is 2.26. The molecule has 5 nitrogen and oxygen atoms in total. The first-order valence-electron chi connectivity index (χ1n) is 2.70. The summed E-state index contributed by atoms with van der Waals surface area (Å²) in [5.74, 6) is -4.10. The van der Waals surface area contributed by atoms with E-state index < -0.39 is 23.5 Å². The summed E-state index contributed by atoms with van der Waals surface area (Å²) in [6.07, 6.45) is 0. The van der Waals surface area contributed by atoms with Crippen LogP contribution in [-0.4, -0.2) is 28.1 Å². The van der Waals surface area contributed by atoms with Gasteiger partial charge in [-0.15, -0.1) is 0 Å². The van der Waals surface area contributed by atoms with Gasteiger partial charge in [0.2, 0.25) is 0 Å². The standard InChI is InChI=1S/C6H8O4.H2O/c1-3(7)5(4(2)8)6(9)10;/h5H,1-2H3,(H,9,10);1H2. The maximum atomic E-state index is 10.4. The van der Waals surface area contributed by atoms with E-state index in [1.165, 1.54) is 0 Å². The molecule has 0 bridgehead atoms. The van der Waals surface area contributed by atoms with Gasteiger partial charge in [0.05, 0.1) is 0 Å². The number of Topliss-reactive ketones (excluding diaryl/α,β-unsaturated/α-hetero) is 2. The summed E-state index contributed by atoms with van der Waals surface area (Å²) < 4.78 is 0. The third-order valence-electron chi connectivity index (χ3n) is 1.06. The molecular formula is C6H10O5. The van der Waals surface area contributed by atoms with E-state index in [2.05, 4.69) is 0 Å². The normalized spacial score (nSPS) is 8.64. The van der Waals surface area contributed by atoms with Gasteiger partial charge in [-0.25, -0.2) is 0 Å². The van der Waals surface area contributed by atoms with Crippen molar-refractivity contribution in [2.75, 3.05) is 0 Å². The molecule has 0 saturated carbocycles. The van der Waals surface area contributed by atoms with Crippen molar-refractivity contribution >= 4 is 17.5 Å². The van der Waals surface area contributed by atoms with Gasteiger partial charge in [0.1, 0.15) is 0 Å². The molecule has 3 N–H and O–H groups in total. The Hall–Kier alpha value is -1.23. The molecule has 64 valence electrons. The highest BCUT2D eigenvalue weighted by Crippen LogP contribution is 1.99. The van der Waals surface area contributed by atoms with E-state index in [1.807, 2.05) is 0 Å². The Morgan fingerprint density at radius 2 is 1.36 bits per heavy atom. The lowest BCUT2D eigenvalue weighted by molar-refractivity contribution is -0.149. The molecule has 0 radical (unpaired) electrons. The number of carbonyl (C=O) groups is 3. The van der Waals surface area contributed by atoms with Crippen LogP contribution in [0, 0.1) is 5.92 Å². The molecular weight excluding hydrogens is 152 g/mol. The quantitative estimate of drug-likeness (QED) is 0.539. The monoisotopic (exact) mass is 162 g/mol. The van der Waals surface area contributed by atoms with Gasteiger partial charge in [0.25, 0.3) is 0 Å². The number of hydrogen-bond acceptors (Lipinski definition) is 3. The lowest BCUT2D eigenvalue weighted by Crippen LogP contribution is -2.27. The highest BCUT2D eigenvalue weighted by atomic mass is 16.4. The summed E-state index contributed by atoms with van der Waals surface area (Å²) in [4.78, 5) is 31.0. The minimum atomic E-state index is -1.47. The van der Waals surface area contributed by atoms with Crippen LogP contribution in [-0.2, 0) is 14.4 Å². The highest BCUT2D eigenvalue weighted by molar-refractivity contribution is 6.15.